The van der Waals surface area contributed by atoms with E-state index in [0.717, 1.165) is 6.42 Å². The van der Waals surface area contributed by atoms with Gasteiger partial charge in [0, 0.05) is 0 Å². The Bertz CT molecular complexity index is 595. The van der Waals surface area contributed by atoms with Gasteiger partial charge in [0.1, 0.15) is 18.1 Å². The highest BCUT2D eigenvalue weighted by atomic mass is 16.4. The molecule has 1 rings (SSSR count). The highest BCUT2D eigenvalue weighted by molar-refractivity contribution is 5.94. The first-order valence-corrected chi connectivity index (χ1v) is 10.1. The molecule has 1 saturated heterocycles. The second-order valence-corrected chi connectivity index (χ2v) is 7.30. The molecule has 0 aromatic heterocycles. The highest BCUT2D eigenvalue weighted by Gasteiger charge is 2.33. The Morgan fingerprint density at radius 3 is 2.27 bits per heavy atom. The molecule has 0 aromatic carbocycles. The van der Waals surface area contributed by atoms with Crippen molar-refractivity contribution in [3.8, 4) is 0 Å². The summed E-state index contributed by atoms with van der Waals surface area (Å²) in [6, 6.07) is -4.39. The number of aliphatic carboxylic acids is 1. The lowest BCUT2D eigenvalue weighted by Crippen LogP contribution is -2.59. The van der Waals surface area contributed by atoms with E-state index in [2.05, 4.69) is 21.3 Å². The Morgan fingerprint density at radius 2 is 1.77 bits per heavy atom. The van der Waals surface area contributed by atoms with Gasteiger partial charge in [-0.2, -0.15) is 0 Å². The molecule has 5 unspecified atom stereocenters. The van der Waals surface area contributed by atoms with Gasteiger partial charge in [0.05, 0.1) is 18.8 Å². The molecular weight excluding hydrogens is 398 g/mol. The van der Waals surface area contributed by atoms with Crippen molar-refractivity contribution in [3.05, 3.63) is 0 Å². The second-order valence-electron chi connectivity index (χ2n) is 7.30. The number of carboxylic acid groups (broad SMARTS) is 1. The van der Waals surface area contributed by atoms with E-state index in [-0.39, 0.29) is 6.42 Å². The lowest BCUT2D eigenvalue weighted by molar-refractivity contribution is -0.143. The van der Waals surface area contributed by atoms with Crippen LogP contribution in [0.2, 0.25) is 0 Å². The molecule has 1 heterocycles. The molecule has 1 aliphatic heterocycles. The minimum atomic E-state index is -1.52. The number of nitrogens with two attached hydrogens (primary N) is 1. The summed E-state index contributed by atoms with van der Waals surface area (Å²) in [4.78, 5) is 48.5. The van der Waals surface area contributed by atoms with Crippen LogP contribution in [-0.2, 0) is 19.2 Å². The van der Waals surface area contributed by atoms with Crippen LogP contribution in [0, 0.1) is 0 Å². The van der Waals surface area contributed by atoms with Crippen LogP contribution in [-0.4, -0.2) is 89.0 Å². The van der Waals surface area contributed by atoms with Gasteiger partial charge < -0.3 is 42.3 Å². The summed E-state index contributed by atoms with van der Waals surface area (Å²) in [5, 5.41) is 38.2. The van der Waals surface area contributed by atoms with Gasteiger partial charge in [-0.15, -0.1) is 0 Å². The van der Waals surface area contributed by atoms with Gasteiger partial charge in [0.2, 0.25) is 17.7 Å². The fourth-order valence-electron chi connectivity index (χ4n) is 3.05. The monoisotopic (exact) mass is 431 g/mol. The third-order valence-corrected chi connectivity index (χ3v) is 4.82. The quantitative estimate of drug-likeness (QED) is 0.138. The zero-order valence-electron chi connectivity index (χ0n) is 17.1. The minimum absolute atomic E-state index is 0.164. The van der Waals surface area contributed by atoms with Crippen molar-refractivity contribution in [1.29, 1.82) is 0 Å². The standard InChI is InChI=1S/C18H33N5O7/c1-10(25)14(23-15(26)11-6-4-8-20-11)17(28)21-12(5-2-3-7-19)16(27)22-13(9-24)18(29)30/h10-14,20,24-25H,2-9,19H2,1H3,(H,21,28)(H,22,27)(H,23,26)(H,29,30). The summed E-state index contributed by atoms with van der Waals surface area (Å²) in [6.45, 7) is 1.58. The molecule has 0 bridgehead atoms. The fraction of sp³-hybridized carbons (Fsp3) is 0.778. The predicted octanol–water partition coefficient (Wildman–Crippen LogP) is -3.22. The van der Waals surface area contributed by atoms with Gasteiger partial charge >= 0.3 is 5.97 Å². The van der Waals surface area contributed by atoms with E-state index in [1.807, 2.05) is 0 Å². The van der Waals surface area contributed by atoms with Crippen LogP contribution in [0.25, 0.3) is 0 Å². The number of hydrogen-bond acceptors (Lipinski definition) is 8. The molecule has 12 nitrogen and oxygen atoms in total. The van der Waals surface area contributed by atoms with E-state index in [4.69, 9.17) is 15.9 Å². The average molecular weight is 431 g/mol. The summed E-state index contributed by atoms with van der Waals surface area (Å²) in [5.41, 5.74) is 5.45. The molecule has 5 atom stereocenters. The van der Waals surface area contributed by atoms with E-state index in [0.29, 0.717) is 32.4 Å². The molecule has 172 valence electrons. The molecule has 0 saturated carbocycles. The number of carbonyl (C=O) groups excluding carboxylic acids is 3. The number of nitrogens with one attached hydrogen (secondary N) is 4. The van der Waals surface area contributed by atoms with E-state index >= 15 is 0 Å². The molecule has 3 amide bonds. The van der Waals surface area contributed by atoms with Crippen LogP contribution in [0.15, 0.2) is 0 Å². The maximum atomic E-state index is 12.7. The van der Waals surface area contributed by atoms with Gasteiger partial charge in [-0.25, -0.2) is 4.79 Å². The summed E-state index contributed by atoms with van der Waals surface area (Å²) in [7, 11) is 0. The predicted molar refractivity (Wildman–Crippen MR) is 106 cm³/mol. The Kier molecular flexibility index (Phi) is 11.3. The number of unbranched alkanes of at least 4 members (excludes halogenated alkanes) is 1. The molecule has 0 spiro atoms. The largest absolute Gasteiger partial charge is 0.480 e. The van der Waals surface area contributed by atoms with E-state index in [1.165, 1.54) is 6.92 Å². The van der Waals surface area contributed by atoms with Gasteiger partial charge in [0.25, 0.3) is 0 Å². The molecule has 9 N–H and O–H groups in total. The second kappa shape index (κ2) is 13.1. The third kappa shape index (κ3) is 8.22. The molecular formula is C18H33N5O7. The molecule has 1 fully saturated rings. The molecule has 1 aliphatic rings. The summed E-state index contributed by atoms with van der Waals surface area (Å²) in [6.07, 6.45) is 1.42. The zero-order valence-corrected chi connectivity index (χ0v) is 17.1. The number of hydrogen-bond donors (Lipinski definition) is 8. The van der Waals surface area contributed by atoms with Gasteiger partial charge in [-0.05, 0) is 52.1 Å². The fourth-order valence-corrected chi connectivity index (χ4v) is 3.05. The van der Waals surface area contributed by atoms with E-state index < -0.39 is 60.6 Å². The summed E-state index contributed by atoms with van der Waals surface area (Å²) in [5.74, 6) is -3.42. The Morgan fingerprint density at radius 1 is 1.10 bits per heavy atom. The van der Waals surface area contributed by atoms with Gasteiger partial charge in [-0.3, -0.25) is 14.4 Å². The Hall–Kier alpha value is -2.28. The number of carboxylic acids is 1. The number of amides is 3. The lowest BCUT2D eigenvalue weighted by atomic mass is 10.1. The zero-order chi connectivity index (χ0) is 22.7. The number of carbonyl (C=O) groups is 4. The molecule has 0 radical (unpaired) electrons. The first-order chi connectivity index (χ1) is 14.2. The number of rotatable bonds is 13. The maximum absolute atomic E-state index is 12.7. The first kappa shape index (κ1) is 25.8. The van der Waals surface area contributed by atoms with Crippen molar-refractivity contribution in [1.82, 2.24) is 21.3 Å². The molecule has 12 heteroatoms. The van der Waals surface area contributed by atoms with Crippen molar-refractivity contribution in [3.63, 3.8) is 0 Å². The van der Waals surface area contributed by atoms with Crippen LogP contribution in [0.1, 0.15) is 39.0 Å². The van der Waals surface area contributed by atoms with Crippen molar-refractivity contribution in [2.75, 3.05) is 19.7 Å². The van der Waals surface area contributed by atoms with Crippen LogP contribution in [0.5, 0.6) is 0 Å². The summed E-state index contributed by atoms with van der Waals surface area (Å²) >= 11 is 0. The minimum Gasteiger partial charge on any atom is -0.480 e. The van der Waals surface area contributed by atoms with E-state index in [9.17, 15) is 24.3 Å². The van der Waals surface area contributed by atoms with Crippen molar-refractivity contribution in [2.45, 2.75) is 69.3 Å². The van der Waals surface area contributed by atoms with Crippen LogP contribution in [0.4, 0.5) is 0 Å². The first-order valence-electron chi connectivity index (χ1n) is 10.1. The van der Waals surface area contributed by atoms with E-state index in [1.54, 1.807) is 0 Å². The van der Waals surface area contributed by atoms with Crippen molar-refractivity contribution in [2.24, 2.45) is 5.73 Å². The van der Waals surface area contributed by atoms with Crippen LogP contribution < -0.4 is 27.0 Å². The van der Waals surface area contributed by atoms with Crippen molar-refractivity contribution < 1.29 is 34.5 Å². The van der Waals surface area contributed by atoms with Crippen molar-refractivity contribution >= 4 is 23.7 Å². The Labute approximate surface area is 175 Å². The van der Waals surface area contributed by atoms with Crippen LogP contribution in [0.3, 0.4) is 0 Å². The number of aliphatic hydroxyl groups excluding tert-OH is 2. The smallest absolute Gasteiger partial charge is 0.328 e. The third-order valence-electron chi connectivity index (χ3n) is 4.82. The highest BCUT2D eigenvalue weighted by Crippen LogP contribution is 2.07. The van der Waals surface area contributed by atoms with Crippen LogP contribution >= 0.6 is 0 Å². The lowest BCUT2D eigenvalue weighted by Gasteiger charge is -2.26. The normalized spacial score (nSPS) is 19.9. The number of aliphatic hydroxyl groups is 2. The van der Waals surface area contributed by atoms with Gasteiger partial charge in [-0.1, -0.05) is 0 Å². The average Bonchev–Trinajstić information content (AvgIpc) is 3.23. The SMILES string of the molecule is CC(O)C(NC(=O)C1CCCN1)C(=O)NC(CCCCN)C(=O)NC(CO)C(=O)O. The summed E-state index contributed by atoms with van der Waals surface area (Å²) < 4.78 is 0. The molecule has 0 aromatic rings. The molecule has 0 aliphatic carbocycles. The van der Waals surface area contributed by atoms with Gasteiger partial charge in [0.15, 0.2) is 0 Å². The molecule has 30 heavy (non-hydrogen) atoms. The maximum Gasteiger partial charge on any atom is 0.328 e. The topological polar surface area (TPSA) is 203 Å². The Balaban J connectivity index is 2.83.